The number of carbonyl (C=O) groups is 1. The van der Waals surface area contributed by atoms with Crippen LogP contribution in [0.25, 0.3) is 0 Å². The smallest absolute Gasteiger partial charge is 0.322 e. The lowest BCUT2D eigenvalue weighted by Crippen LogP contribution is -2.48. The van der Waals surface area contributed by atoms with Gasteiger partial charge in [0.2, 0.25) is 10.0 Å². The molecular formula is C8H13NO4S. The summed E-state index contributed by atoms with van der Waals surface area (Å²) in [7, 11) is -3.30. The SMILES string of the molecule is O=C(O)[C@@H]1CC[C@@H]2CCCS(=O)(=O)N21. The van der Waals surface area contributed by atoms with Crippen molar-refractivity contribution in [2.24, 2.45) is 0 Å². The summed E-state index contributed by atoms with van der Waals surface area (Å²) in [4.78, 5) is 10.8. The minimum atomic E-state index is -3.30. The van der Waals surface area contributed by atoms with Gasteiger partial charge in [-0.2, -0.15) is 4.31 Å². The zero-order chi connectivity index (χ0) is 10.3. The van der Waals surface area contributed by atoms with Crippen molar-refractivity contribution in [1.29, 1.82) is 0 Å². The fourth-order valence-corrected chi connectivity index (χ4v) is 4.38. The van der Waals surface area contributed by atoms with Gasteiger partial charge >= 0.3 is 5.97 Å². The van der Waals surface area contributed by atoms with E-state index in [1.54, 1.807) is 0 Å². The molecule has 1 N–H and O–H groups in total. The van der Waals surface area contributed by atoms with E-state index in [0.29, 0.717) is 19.3 Å². The molecule has 0 unspecified atom stereocenters. The highest BCUT2D eigenvalue weighted by molar-refractivity contribution is 7.89. The molecule has 0 bridgehead atoms. The molecule has 0 spiro atoms. The maximum absolute atomic E-state index is 11.6. The van der Waals surface area contributed by atoms with Gasteiger partial charge in [0.15, 0.2) is 0 Å². The normalized spacial score (nSPS) is 36.6. The lowest BCUT2D eigenvalue weighted by Gasteiger charge is -2.31. The van der Waals surface area contributed by atoms with Crippen LogP contribution in [0.15, 0.2) is 0 Å². The Bertz CT molecular complexity index is 350. The van der Waals surface area contributed by atoms with Crippen LogP contribution in [0.3, 0.4) is 0 Å². The van der Waals surface area contributed by atoms with Gasteiger partial charge in [-0.25, -0.2) is 8.42 Å². The van der Waals surface area contributed by atoms with Crippen LogP contribution in [-0.4, -0.2) is 41.6 Å². The van der Waals surface area contributed by atoms with E-state index in [4.69, 9.17) is 5.11 Å². The Morgan fingerprint density at radius 3 is 2.64 bits per heavy atom. The van der Waals surface area contributed by atoms with E-state index < -0.39 is 22.0 Å². The summed E-state index contributed by atoms with van der Waals surface area (Å²) in [5.41, 5.74) is 0. The number of hydrogen-bond donors (Lipinski definition) is 1. The fraction of sp³-hybridized carbons (Fsp3) is 0.875. The van der Waals surface area contributed by atoms with E-state index >= 15 is 0 Å². The summed E-state index contributed by atoms with van der Waals surface area (Å²) in [6.07, 6.45) is 2.62. The van der Waals surface area contributed by atoms with Crippen LogP contribution in [0.1, 0.15) is 25.7 Å². The molecule has 2 fully saturated rings. The maximum atomic E-state index is 11.6. The van der Waals surface area contributed by atoms with Crippen LogP contribution < -0.4 is 0 Å². The zero-order valence-corrected chi connectivity index (χ0v) is 8.53. The van der Waals surface area contributed by atoms with Crippen molar-refractivity contribution in [2.75, 3.05) is 5.75 Å². The largest absolute Gasteiger partial charge is 0.480 e. The molecule has 80 valence electrons. The van der Waals surface area contributed by atoms with Crippen LogP contribution in [-0.2, 0) is 14.8 Å². The van der Waals surface area contributed by atoms with Gasteiger partial charge in [0, 0.05) is 6.04 Å². The Morgan fingerprint density at radius 1 is 1.29 bits per heavy atom. The average molecular weight is 219 g/mol. The summed E-state index contributed by atoms with van der Waals surface area (Å²) in [6, 6.07) is -0.875. The Kier molecular flexibility index (Phi) is 2.27. The Labute approximate surface area is 82.8 Å². The number of rotatable bonds is 1. The number of sulfonamides is 1. The van der Waals surface area contributed by atoms with Crippen molar-refractivity contribution in [3.8, 4) is 0 Å². The van der Waals surface area contributed by atoms with Crippen LogP contribution in [0, 0.1) is 0 Å². The van der Waals surface area contributed by atoms with Crippen molar-refractivity contribution < 1.29 is 18.3 Å². The first-order valence-electron chi connectivity index (χ1n) is 4.76. The standard InChI is InChI=1S/C8H13NO4S/c10-8(11)7-4-3-6-2-1-5-14(12,13)9(6)7/h6-7H,1-5H2,(H,10,11)/t6-,7-/m0/s1. The second-order valence-corrected chi connectivity index (χ2v) is 5.87. The van der Waals surface area contributed by atoms with Gasteiger partial charge in [0.25, 0.3) is 0 Å². The molecule has 0 saturated carbocycles. The van der Waals surface area contributed by atoms with Crippen molar-refractivity contribution in [2.45, 2.75) is 37.8 Å². The second-order valence-electron chi connectivity index (χ2n) is 3.87. The number of hydrogen-bond acceptors (Lipinski definition) is 3. The summed E-state index contributed by atoms with van der Waals surface area (Å²) in [5, 5.41) is 8.88. The van der Waals surface area contributed by atoms with Crippen molar-refractivity contribution in [3.63, 3.8) is 0 Å². The van der Waals surface area contributed by atoms with E-state index in [1.807, 2.05) is 0 Å². The number of fused-ring (bicyclic) bond motifs is 1. The highest BCUT2D eigenvalue weighted by atomic mass is 32.2. The number of nitrogens with zero attached hydrogens (tertiary/aromatic N) is 1. The number of carboxylic acid groups (broad SMARTS) is 1. The van der Waals surface area contributed by atoms with E-state index in [0.717, 1.165) is 6.42 Å². The van der Waals surface area contributed by atoms with Gasteiger partial charge in [-0.15, -0.1) is 0 Å². The molecule has 0 aromatic heterocycles. The van der Waals surface area contributed by atoms with Crippen LogP contribution in [0.2, 0.25) is 0 Å². The first-order valence-corrected chi connectivity index (χ1v) is 6.37. The lowest BCUT2D eigenvalue weighted by atomic mass is 10.1. The summed E-state index contributed by atoms with van der Waals surface area (Å²) >= 11 is 0. The van der Waals surface area contributed by atoms with Gasteiger partial charge in [0.05, 0.1) is 5.75 Å². The molecule has 0 radical (unpaired) electrons. The molecule has 2 aliphatic heterocycles. The molecular weight excluding hydrogens is 206 g/mol. The third-order valence-electron chi connectivity index (χ3n) is 2.99. The van der Waals surface area contributed by atoms with E-state index in [-0.39, 0.29) is 11.8 Å². The Balaban J connectivity index is 2.32. The molecule has 0 aromatic rings. The molecule has 0 aromatic carbocycles. The maximum Gasteiger partial charge on any atom is 0.322 e. The minimum absolute atomic E-state index is 0.0603. The first kappa shape index (κ1) is 9.92. The van der Waals surface area contributed by atoms with Gasteiger partial charge < -0.3 is 5.11 Å². The fourth-order valence-electron chi connectivity index (χ4n) is 2.39. The molecule has 5 nitrogen and oxygen atoms in total. The van der Waals surface area contributed by atoms with Crippen LogP contribution in [0.4, 0.5) is 0 Å². The monoisotopic (exact) mass is 219 g/mol. The third kappa shape index (κ3) is 1.42. The van der Waals surface area contributed by atoms with E-state index in [9.17, 15) is 13.2 Å². The topological polar surface area (TPSA) is 74.7 Å². The average Bonchev–Trinajstić information content (AvgIpc) is 2.48. The minimum Gasteiger partial charge on any atom is -0.480 e. The van der Waals surface area contributed by atoms with Crippen LogP contribution >= 0.6 is 0 Å². The summed E-state index contributed by atoms with van der Waals surface area (Å²) < 4.78 is 24.5. The quantitative estimate of drug-likeness (QED) is 0.675. The van der Waals surface area contributed by atoms with E-state index in [1.165, 1.54) is 4.31 Å². The predicted octanol–water partition coefficient (Wildman–Crippen LogP) is 0.0276. The molecule has 2 atom stereocenters. The lowest BCUT2D eigenvalue weighted by molar-refractivity contribution is -0.141. The number of carboxylic acids is 1. The molecule has 2 aliphatic rings. The van der Waals surface area contributed by atoms with E-state index in [2.05, 4.69) is 0 Å². The van der Waals surface area contributed by atoms with Crippen molar-refractivity contribution in [1.82, 2.24) is 4.31 Å². The Hall–Kier alpha value is -0.620. The molecule has 14 heavy (non-hydrogen) atoms. The highest BCUT2D eigenvalue weighted by Crippen LogP contribution is 2.34. The predicted molar refractivity (Wildman–Crippen MR) is 49.3 cm³/mol. The number of aliphatic carboxylic acids is 1. The zero-order valence-electron chi connectivity index (χ0n) is 7.72. The summed E-state index contributed by atoms with van der Waals surface area (Å²) in [6.45, 7) is 0. The molecule has 2 heterocycles. The Morgan fingerprint density at radius 2 is 2.00 bits per heavy atom. The van der Waals surface area contributed by atoms with Gasteiger partial charge in [-0.1, -0.05) is 0 Å². The molecule has 0 amide bonds. The second kappa shape index (κ2) is 3.20. The summed E-state index contributed by atoms with van der Waals surface area (Å²) in [5.74, 6) is -0.911. The molecule has 0 aliphatic carbocycles. The first-order chi connectivity index (χ1) is 6.52. The molecule has 2 saturated heterocycles. The highest BCUT2D eigenvalue weighted by Gasteiger charge is 2.46. The van der Waals surface area contributed by atoms with Gasteiger partial charge in [-0.05, 0) is 25.7 Å². The van der Waals surface area contributed by atoms with Gasteiger partial charge in [0.1, 0.15) is 6.04 Å². The van der Waals surface area contributed by atoms with Crippen molar-refractivity contribution in [3.05, 3.63) is 0 Å². The van der Waals surface area contributed by atoms with Crippen LogP contribution in [0.5, 0.6) is 0 Å². The van der Waals surface area contributed by atoms with Crippen molar-refractivity contribution >= 4 is 16.0 Å². The van der Waals surface area contributed by atoms with Gasteiger partial charge in [-0.3, -0.25) is 4.79 Å². The third-order valence-corrected chi connectivity index (χ3v) is 4.99. The molecule has 2 rings (SSSR count). The molecule has 6 heteroatoms.